The highest BCUT2D eigenvalue weighted by Crippen LogP contribution is 2.15. The average Bonchev–Trinajstić information content (AvgIpc) is 3.12. The Morgan fingerprint density at radius 2 is 1.39 bits per heavy atom. The van der Waals surface area contributed by atoms with Crippen LogP contribution in [0.4, 0.5) is 11.4 Å². The number of imidazole rings is 1. The van der Waals surface area contributed by atoms with Crippen LogP contribution >= 0.6 is 0 Å². The lowest BCUT2D eigenvalue weighted by atomic mass is 10.3. The average molecular weight is 304 g/mol. The zero-order valence-corrected chi connectivity index (χ0v) is 12.5. The monoisotopic (exact) mass is 304 g/mol. The lowest BCUT2D eigenvalue weighted by Gasteiger charge is -2.06. The van der Waals surface area contributed by atoms with Crippen molar-refractivity contribution in [1.82, 2.24) is 9.55 Å². The molecule has 2 aromatic carbocycles. The summed E-state index contributed by atoms with van der Waals surface area (Å²) in [4.78, 5) is 4.03. The van der Waals surface area contributed by atoms with Crippen LogP contribution in [-0.2, 0) is 6.54 Å². The Morgan fingerprint density at radius 3 is 1.87 bits per heavy atom. The molecule has 0 spiro atoms. The highest BCUT2D eigenvalue weighted by atomic mass is 15.3. The van der Waals surface area contributed by atoms with E-state index in [2.05, 4.69) is 25.4 Å². The summed E-state index contributed by atoms with van der Waals surface area (Å²) in [6, 6.07) is 19.1. The van der Waals surface area contributed by atoms with Gasteiger partial charge in [0.05, 0.1) is 24.2 Å². The Kier molecular flexibility index (Phi) is 4.97. The number of benzene rings is 2. The van der Waals surface area contributed by atoms with Gasteiger partial charge in [-0.15, -0.1) is 0 Å². The van der Waals surface area contributed by atoms with Gasteiger partial charge in [-0.3, -0.25) is 0 Å². The smallest absolute Gasteiger partial charge is 0.199 e. The molecule has 0 aliphatic carbocycles. The summed E-state index contributed by atoms with van der Waals surface area (Å²) in [5.74, 6) is 0. The van der Waals surface area contributed by atoms with Gasteiger partial charge < -0.3 is 4.57 Å². The third-order valence-electron chi connectivity index (χ3n) is 3.06. The number of hydrogen-bond donors (Lipinski definition) is 0. The molecule has 6 nitrogen and oxygen atoms in total. The molecule has 23 heavy (non-hydrogen) atoms. The Hall–Kier alpha value is -3.15. The van der Waals surface area contributed by atoms with Crippen LogP contribution in [0.2, 0.25) is 0 Å². The van der Waals surface area contributed by atoms with Crippen molar-refractivity contribution in [3.05, 3.63) is 79.4 Å². The predicted octanol–water partition coefficient (Wildman–Crippen LogP) is 4.78. The van der Waals surface area contributed by atoms with E-state index in [0.717, 1.165) is 11.4 Å². The molecule has 0 bridgehead atoms. The quantitative estimate of drug-likeness (QED) is 0.604. The van der Waals surface area contributed by atoms with Gasteiger partial charge in [0.2, 0.25) is 0 Å². The van der Waals surface area contributed by atoms with Crippen LogP contribution in [0.3, 0.4) is 0 Å². The molecule has 0 amide bonds. The van der Waals surface area contributed by atoms with Gasteiger partial charge >= 0.3 is 0 Å². The van der Waals surface area contributed by atoms with Crippen molar-refractivity contribution in [1.29, 1.82) is 0 Å². The summed E-state index contributed by atoms with van der Waals surface area (Å²) in [6.45, 7) is 0.534. The first-order valence-electron chi connectivity index (χ1n) is 7.28. The van der Waals surface area contributed by atoms with E-state index in [4.69, 9.17) is 0 Å². The number of rotatable bonds is 6. The van der Waals surface area contributed by atoms with E-state index in [1.54, 1.807) is 12.5 Å². The molecule has 0 unspecified atom stereocenters. The fourth-order valence-electron chi connectivity index (χ4n) is 1.94. The zero-order valence-electron chi connectivity index (χ0n) is 12.5. The Balaban J connectivity index is 1.76. The molecule has 0 saturated carbocycles. The van der Waals surface area contributed by atoms with Gasteiger partial charge in [-0.2, -0.15) is 20.5 Å². The predicted molar refractivity (Wildman–Crippen MR) is 87.9 cm³/mol. The first kappa shape index (κ1) is 14.8. The molecule has 0 N–H and O–H groups in total. The molecule has 1 aromatic heterocycles. The van der Waals surface area contributed by atoms with E-state index in [-0.39, 0.29) is 0 Å². The van der Waals surface area contributed by atoms with Crippen LogP contribution in [-0.4, -0.2) is 15.7 Å². The normalized spacial score (nSPS) is 12.9. The Bertz CT molecular complexity index is 701. The molecule has 0 radical (unpaired) electrons. The van der Waals surface area contributed by atoms with Gasteiger partial charge in [-0.05, 0) is 24.3 Å². The van der Waals surface area contributed by atoms with Crippen molar-refractivity contribution in [3.63, 3.8) is 0 Å². The van der Waals surface area contributed by atoms with Gasteiger partial charge in [-0.1, -0.05) is 36.4 Å². The van der Waals surface area contributed by atoms with E-state index in [9.17, 15) is 0 Å². The third-order valence-corrected chi connectivity index (χ3v) is 3.06. The first-order valence-corrected chi connectivity index (χ1v) is 7.28. The summed E-state index contributed by atoms with van der Waals surface area (Å²) in [5, 5.41) is 17.1. The third kappa shape index (κ3) is 4.67. The highest BCUT2D eigenvalue weighted by molar-refractivity contribution is 5.35. The van der Waals surface area contributed by atoms with E-state index in [0.29, 0.717) is 6.54 Å². The molecular formula is C17H16N6. The van der Waals surface area contributed by atoms with Crippen molar-refractivity contribution in [2.75, 3.05) is 0 Å². The van der Waals surface area contributed by atoms with E-state index in [1.807, 2.05) is 71.4 Å². The molecule has 0 aliphatic heterocycles. The molecular weight excluding hydrogens is 288 g/mol. The Morgan fingerprint density at radius 1 is 0.826 bits per heavy atom. The minimum Gasteiger partial charge on any atom is -0.333 e. The lowest BCUT2D eigenvalue weighted by Crippen LogP contribution is -2.09. The SMILES string of the molecule is c1ccc(N=NC(Cn2ccnc2)N=Nc2ccccc2)cc1. The standard InChI is InChI=1S/C17H16N6/c1-3-7-15(8-4-1)19-21-17(13-23-12-11-18-14-23)22-20-16-9-5-2-6-10-16/h1-12,14,17H,13H2. The van der Waals surface area contributed by atoms with Crippen molar-refractivity contribution in [2.24, 2.45) is 20.5 Å². The van der Waals surface area contributed by atoms with Gasteiger partial charge in [0, 0.05) is 12.4 Å². The molecule has 0 fully saturated rings. The topological polar surface area (TPSA) is 67.3 Å². The first-order chi connectivity index (χ1) is 11.4. The van der Waals surface area contributed by atoms with Crippen molar-refractivity contribution in [2.45, 2.75) is 12.7 Å². The molecule has 6 heteroatoms. The maximum absolute atomic E-state index is 4.30. The Labute approximate surface area is 134 Å². The lowest BCUT2D eigenvalue weighted by molar-refractivity contribution is 0.536. The second-order valence-electron chi connectivity index (χ2n) is 4.84. The minimum atomic E-state index is -0.412. The molecule has 1 heterocycles. The zero-order chi connectivity index (χ0) is 15.7. The second-order valence-corrected chi connectivity index (χ2v) is 4.84. The number of hydrogen-bond acceptors (Lipinski definition) is 5. The van der Waals surface area contributed by atoms with Crippen LogP contribution in [0, 0.1) is 0 Å². The van der Waals surface area contributed by atoms with Crippen LogP contribution in [0.15, 0.2) is 99.8 Å². The minimum absolute atomic E-state index is 0.412. The summed E-state index contributed by atoms with van der Waals surface area (Å²) >= 11 is 0. The number of azo groups is 2. The summed E-state index contributed by atoms with van der Waals surface area (Å²) in [6.07, 6.45) is 4.90. The van der Waals surface area contributed by atoms with Gasteiger partial charge in [0.15, 0.2) is 6.17 Å². The van der Waals surface area contributed by atoms with Crippen LogP contribution < -0.4 is 0 Å². The second kappa shape index (κ2) is 7.74. The summed E-state index contributed by atoms with van der Waals surface area (Å²) in [7, 11) is 0. The summed E-state index contributed by atoms with van der Waals surface area (Å²) in [5.41, 5.74) is 1.58. The number of aromatic nitrogens is 2. The van der Waals surface area contributed by atoms with Crippen molar-refractivity contribution >= 4 is 11.4 Å². The van der Waals surface area contributed by atoms with E-state index in [1.165, 1.54) is 0 Å². The molecule has 3 rings (SSSR count). The fourth-order valence-corrected chi connectivity index (χ4v) is 1.94. The largest absolute Gasteiger partial charge is 0.333 e. The van der Waals surface area contributed by atoms with Gasteiger partial charge in [0.1, 0.15) is 0 Å². The van der Waals surface area contributed by atoms with Gasteiger partial charge in [0.25, 0.3) is 0 Å². The maximum atomic E-state index is 4.30. The molecule has 0 aliphatic rings. The van der Waals surface area contributed by atoms with E-state index < -0.39 is 6.17 Å². The van der Waals surface area contributed by atoms with E-state index >= 15 is 0 Å². The molecule has 0 atom stereocenters. The maximum Gasteiger partial charge on any atom is 0.199 e. The van der Waals surface area contributed by atoms with Crippen LogP contribution in [0.25, 0.3) is 0 Å². The highest BCUT2D eigenvalue weighted by Gasteiger charge is 2.06. The molecule has 0 saturated heterocycles. The van der Waals surface area contributed by atoms with Crippen molar-refractivity contribution < 1.29 is 0 Å². The molecule has 3 aromatic rings. The van der Waals surface area contributed by atoms with Crippen LogP contribution in [0.1, 0.15) is 0 Å². The van der Waals surface area contributed by atoms with Crippen molar-refractivity contribution in [3.8, 4) is 0 Å². The number of nitrogens with zero attached hydrogens (tertiary/aromatic N) is 6. The summed E-state index contributed by atoms with van der Waals surface area (Å²) < 4.78 is 1.90. The molecule has 114 valence electrons. The fraction of sp³-hybridized carbons (Fsp3) is 0.118. The van der Waals surface area contributed by atoms with Gasteiger partial charge in [-0.25, -0.2) is 4.98 Å². The van der Waals surface area contributed by atoms with Crippen LogP contribution in [0.5, 0.6) is 0 Å².